The number of ether oxygens (including phenoxy) is 1. The molecule has 7 nitrogen and oxygen atoms in total. The van der Waals surface area contributed by atoms with Crippen molar-refractivity contribution in [1.29, 1.82) is 0 Å². The number of aromatic nitrogens is 3. The molecule has 1 atom stereocenters. The summed E-state index contributed by atoms with van der Waals surface area (Å²) in [6.07, 6.45) is 1.04. The first-order chi connectivity index (χ1) is 12.7. The number of rotatable bonds is 3. The lowest BCUT2D eigenvalue weighted by atomic mass is 10.2. The Hall–Kier alpha value is -3.16. The van der Waals surface area contributed by atoms with Gasteiger partial charge in [-0.3, -0.25) is 4.57 Å². The number of alkyl carbamates (subject to hydrolysis) is 1. The Balaban J connectivity index is 2.10. The van der Waals surface area contributed by atoms with Crippen molar-refractivity contribution >= 4 is 22.8 Å². The summed E-state index contributed by atoms with van der Waals surface area (Å²) in [5.41, 5.74) is 6.24. The second kappa shape index (κ2) is 6.86. The number of amides is 1. The molecule has 1 amide bonds. The quantitative estimate of drug-likeness (QED) is 0.684. The van der Waals surface area contributed by atoms with Crippen molar-refractivity contribution in [3.8, 4) is 5.82 Å². The van der Waals surface area contributed by atoms with Crippen molar-refractivity contribution < 1.29 is 13.9 Å². The molecule has 142 valence electrons. The molecule has 2 heterocycles. The number of nitrogens with one attached hydrogen (secondary N) is 1. The molecule has 0 saturated carbocycles. The topological polar surface area (TPSA) is 95.1 Å². The molecule has 0 bridgehead atoms. The first-order valence-corrected chi connectivity index (χ1v) is 8.54. The van der Waals surface area contributed by atoms with E-state index in [1.54, 1.807) is 62.7 Å². The number of pyridine rings is 1. The first kappa shape index (κ1) is 18.6. The Morgan fingerprint density at radius 3 is 2.67 bits per heavy atom. The van der Waals surface area contributed by atoms with Crippen LogP contribution in [0.15, 0.2) is 36.5 Å². The molecule has 0 unspecified atom stereocenters. The van der Waals surface area contributed by atoms with Crippen molar-refractivity contribution in [2.45, 2.75) is 39.3 Å². The molecular weight excluding hydrogens is 349 g/mol. The molecule has 0 aliphatic carbocycles. The van der Waals surface area contributed by atoms with E-state index in [1.165, 1.54) is 6.07 Å². The van der Waals surface area contributed by atoms with E-state index < -0.39 is 23.6 Å². The minimum atomic E-state index is -0.627. The number of hydrogen-bond donors (Lipinski definition) is 2. The van der Waals surface area contributed by atoms with Crippen molar-refractivity contribution in [1.82, 2.24) is 19.9 Å². The summed E-state index contributed by atoms with van der Waals surface area (Å²) in [6.45, 7) is 7.11. The molecule has 1 aromatic carbocycles. The van der Waals surface area contributed by atoms with E-state index >= 15 is 0 Å². The molecule has 0 radical (unpaired) electrons. The van der Waals surface area contributed by atoms with Gasteiger partial charge in [0.05, 0.1) is 17.2 Å². The van der Waals surface area contributed by atoms with Gasteiger partial charge in [0.2, 0.25) is 0 Å². The Morgan fingerprint density at radius 2 is 2.04 bits per heavy atom. The number of fused-ring (bicyclic) bond motifs is 1. The van der Waals surface area contributed by atoms with E-state index in [2.05, 4.69) is 15.3 Å². The van der Waals surface area contributed by atoms with Gasteiger partial charge < -0.3 is 15.8 Å². The van der Waals surface area contributed by atoms with E-state index in [0.29, 0.717) is 22.7 Å². The second-order valence-electron chi connectivity index (χ2n) is 7.19. The molecular formula is C19H22FN5O2. The summed E-state index contributed by atoms with van der Waals surface area (Å²) < 4.78 is 21.0. The van der Waals surface area contributed by atoms with Crippen LogP contribution in [-0.2, 0) is 4.74 Å². The first-order valence-electron chi connectivity index (χ1n) is 8.54. The number of anilines is 1. The highest BCUT2D eigenvalue weighted by atomic mass is 19.1. The van der Waals surface area contributed by atoms with Gasteiger partial charge in [0.15, 0.2) is 0 Å². The molecule has 0 aliphatic rings. The van der Waals surface area contributed by atoms with Gasteiger partial charge in [-0.1, -0.05) is 6.07 Å². The lowest BCUT2D eigenvalue weighted by Crippen LogP contribution is -2.34. The lowest BCUT2D eigenvalue weighted by Gasteiger charge is -2.22. The second-order valence-corrected chi connectivity index (χ2v) is 7.19. The van der Waals surface area contributed by atoms with Gasteiger partial charge >= 0.3 is 6.09 Å². The number of benzene rings is 1. The molecule has 3 rings (SSSR count). The van der Waals surface area contributed by atoms with Crippen LogP contribution in [0.25, 0.3) is 16.9 Å². The van der Waals surface area contributed by atoms with E-state index in [9.17, 15) is 9.18 Å². The van der Waals surface area contributed by atoms with E-state index in [4.69, 9.17) is 10.5 Å². The maximum atomic E-state index is 14.1. The number of carbonyl (C=O) groups is 1. The molecule has 0 spiro atoms. The van der Waals surface area contributed by atoms with Crippen molar-refractivity contribution in [3.05, 3.63) is 48.2 Å². The minimum Gasteiger partial charge on any atom is -0.444 e. The molecule has 3 N–H and O–H groups in total. The van der Waals surface area contributed by atoms with Crippen LogP contribution in [-0.4, -0.2) is 26.2 Å². The third-order valence-corrected chi connectivity index (χ3v) is 3.83. The predicted octanol–water partition coefficient (Wildman–Crippen LogP) is 3.73. The highest BCUT2D eigenvalue weighted by Crippen LogP contribution is 2.30. The van der Waals surface area contributed by atoms with Crippen LogP contribution in [0.1, 0.15) is 39.6 Å². The Morgan fingerprint density at radius 1 is 1.30 bits per heavy atom. The number of hydrogen-bond acceptors (Lipinski definition) is 5. The van der Waals surface area contributed by atoms with Crippen LogP contribution >= 0.6 is 0 Å². The monoisotopic (exact) mass is 371 g/mol. The van der Waals surface area contributed by atoms with Gasteiger partial charge in [0.25, 0.3) is 0 Å². The molecule has 0 saturated heterocycles. The minimum absolute atomic E-state index is 0.0265. The van der Waals surface area contributed by atoms with Crippen LogP contribution in [0.5, 0.6) is 0 Å². The molecule has 3 aromatic rings. The third-order valence-electron chi connectivity index (χ3n) is 3.83. The van der Waals surface area contributed by atoms with Crippen molar-refractivity contribution in [2.75, 3.05) is 5.73 Å². The van der Waals surface area contributed by atoms with Crippen molar-refractivity contribution in [2.24, 2.45) is 0 Å². The summed E-state index contributed by atoms with van der Waals surface area (Å²) in [5, 5.41) is 2.75. The summed E-state index contributed by atoms with van der Waals surface area (Å²) >= 11 is 0. The van der Waals surface area contributed by atoms with Crippen LogP contribution < -0.4 is 11.1 Å². The fraction of sp³-hybridized carbons (Fsp3) is 0.316. The maximum Gasteiger partial charge on any atom is 0.408 e. The normalized spacial score (nSPS) is 12.8. The lowest BCUT2D eigenvalue weighted by molar-refractivity contribution is 0.0505. The molecule has 2 aromatic heterocycles. The standard InChI is InChI=1S/C19H22FN5O2/c1-11(23-18(26)27-19(2,3)4)17-24-13-9-8-12(20)15(21)16(13)25(17)14-7-5-6-10-22-14/h5-11H,21H2,1-4H3,(H,23,26)/t11-/m0/s1. The molecule has 0 fully saturated rings. The van der Waals surface area contributed by atoms with Gasteiger partial charge in [-0.05, 0) is 52.0 Å². The van der Waals surface area contributed by atoms with Crippen LogP contribution in [0.2, 0.25) is 0 Å². The number of nitrogen functional groups attached to an aromatic ring is 1. The largest absolute Gasteiger partial charge is 0.444 e. The predicted molar refractivity (Wildman–Crippen MR) is 101 cm³/mol. The summed E-state index contributed by atoms with van der Waals surface area (Å²) in [5.74, 6) is 0.441. The maximum absolute atomic E-state index is 14.1. The number of imidazole rings is 1. The fourth-order valence-corrected chi connectivity index (χ4v) is 2.74. The SMILES string of the molecule is C[C@H](NC(=O)OC(C)(C)C)c1nc2ccc(F)c(N)c2n1-c1ccccn1. The Bertz CT molecular complexity index is 979. The highest BCUT2D eigenvalue weighted by Gasteiger charge is 2.24. The number of carbonyl (C=O) groups excluding carboxylic acids is 1. The third kappa shape index (κ3) is 3.84. The molecule has 27 heavy (non-hydrogen) atoms. The van der Waals surface area contributed by atoms with E-state index in [-0.39, 0.29) is 5.69 Å². The number of nitrogens with two attached hydrogens (primary N) is 1. The zero-order valence-corrected chi connectivity index (χ0v) is 15.7. The fourth-order valence-electron chi connectivity index (χ4n) is 2.74. The molecule has 0 aliphatic heterocycles. The van der Waals surface area contributed by atoms with Crippen LogP contribution in [0, 0.1) is 5.82 Å². The number of halogens is 1. The summed E-state index contributed by atoms with van der Waals surface area (Å²) in [4.78, 5) is 21.0. The van der Waals surface area contributed by atoms with Gasteiger partial charge in [0, 0.05) is 6.20 Å². The zero-order chi connectivity index (χ0) is 19.8. The Kier molecular flexibility index (Phi) is 4.73. The van der Waals surface area contributed by atoms with Gasteiger partial charge in [0.1, 0.15) is 28.6 Å². The average molecular weight is 371 g/mol. The molecule has 8 heteroatoms. The zero-order valence-electron chi connectivity index (χ0n) is 15.7. The van der Waals surface area contributed by atoms with Crippen molar-refractivity contribution in [3.63, 3.8) is 0 Å². The highest BCUT2D eigenvalue weighted by molar-refractivity contribution is 5.89. The van der Waals surface area contributed by atoms with Gasteiger partial charge in [-0.25, -0.2) is 19.2 Å². The Labute approximate surface area is 156 Å². The van der Waals surface area contributed by atoms with Gasteiger partial charge in [-0.2, -0.15) is 0 Å². The number of nitrogens with zero attached hydrogens (tertiary/aromatic N) is 3. The van der Waals surface area contributed by atoms with E-state index in [1.807, 2.05) is 0 Å². The van der Waals surface area contributed by atoms with E-state index in [0.717, 1.165) is 0 Å². The summed E-state index contributed by atoms with van der Waals surface area (Å²) in [7, 11) is 0. The van der Waals surface area contributed by atoms with Gasteiger partial charge in [-0.15, -0.1) is 0 Å². The summed E-state index contributed by atoms with van der Waals surface area (Å²) in [6, 6.07) is 7.62. The smallest absolute Gasteiger partial charge is 0.408 e. The van der Waals surface area contributed by atoms with Crippen LogP contribution in [0.4, 0.5) is 14.9 Å². The average Bonchev–Trinajstić information content (AvgIpc) is 2.97. The van der Waals surface area contributed by atoms with Crippen LogP contribution in [0.3, 0.4) is 0 Å².